The number of carbonyl (C=O) groups excluding carboxylic acids is 1. The molecule has 0 bridgehead atoms. The molecule has 2 nitrogen and oxygen atoms in total. The van der Waals surface area contributed by atoms with E-state index < -0.39 is 16.1 Å². The molecule has 0 fully saturated rings. The van der Waals surface area contributed by atoms with Gasteiger partial charge in [-0.1, -0.05) is 6.58 Å². The average molecular weight is 118 g/mol. The van der Waals surface area contributed by atoms with E-state index in [9.17, 15) is 8.90 Å². The molecule has 0 aliphatic rings. The van der Waals surface area contributed by atoms with Gasteiger partial charge in [-0.25, -0.2) is 4.79 Å². The molecule has 0 aliphatic carbocycles. The predicted molar refractivity (Wildman–Crippen MR) is 23.2 cm³/mol. The van der Waals surface area contributed by atoms with Crippen molar-refractivity contribution in [1.29, 1.82) is 0 Å². The number of carbonyl (C=O) groups is 1. The molecule has 0 saturated carbocycles. The maximum atomic E-state index is 11.0. The van der Waals surface area contributed by atoms with E-state index in [0.29, 0.717) is 0 Å². The summed E-state index contributed by atoms with van der Waals surface area (Å²) < 4.78 is 14.8. The van der Waals surface area contributed by atoms with Gasteiger partial charge >= 0.3 is 16.1 Å². The minimum atomic E-state index is -1.28. The first kappa shape index (κ1) is 6.36. The summed E-state index contributed by atoms with van der Waals surface area (Å²) in [5.74, 6) is -0.721. The summed E-state index contributed by atoms with van der Waals surface area (Å²) in [4.78, 5) is 9.84. The Bertz CT molecular complexity index is 83.0. The van der Waals surface area contributed by atoms with Gasteiger partial charge in [-0.05, 0) is 0 Å². The lowest BCUT2D eigenvalue weighted by Crippen LogP contribution is -1.99. The molecule has 38 valence electrons. The zero-order valence-electron chi connectivity index (χ0n) is 3.48. The van der Waals surface area contributed by atoms with Crippen molar-refractivity contribution in [2.75, 3.05) is 0 Å². The molecule has 0 aromatic heterocycles. The Morgan fingerprint density at radius 1 is 2.00 bits per heavy atom. The van der Waals surface area contributed by atoms with Gasteiger partial charge in [0.2, 0.25) is 0 Å². The Balaban J connectivity index is 3.17. The van der Waals surface area contributed by atoms with Gasteiger partial charge in [-0.15, -0.1) is 0 Å². The highest BCUT2D eigenvalue weighted by atomic mass is 28.3. The third kappa shape index (κ3) is 3.18. The molecule has 0 rings (SSSR count). The summed E-state index contributed by atoms with van der Waals surface area (Å²) in [6.07, 6.45) is 0.909. The summed E-state index contributed by atoms with van der Waals surface area (Å²) in [6, 6.07) is 0. The van der Waals surface area contributed by atoms with E-state index in [1.807, 2.05) is 0 Å². The molecule has 0 spiro atoms. The minimum Gasteiger partial charge on any atom is -0.485 e. The quantitative estimate of drug-likeness (QED) is 0.294. The van der Waals surface area contributed by atoms with Crippen molar-refractivity contribution in [2.24, 2.45) is 0 Å². The minimum absolute atomic E-state index is 0.721. The van der Waals surface area contributed by atoms with Gasteiger partial charge in [-0.2, -0.15) is 0 Å². The Morgan fingerprint density at radius 3 is 2.71 bits per heavy atom. The second-order valence-corrected chi connectivity index (χ2v) is 1.06. The Kier molecular flexibility index (Phi) is 3.22. The van der Waals surface area contributed by atoms with Crippen LogP contribution in [0.3, 0.4) is 0 Å². The normalized spacial score (nSPS) is 7.57. The summed E-state index contributed by atoms with van der Waals surface area (Å²) >= 11 is 0. The van der Waals surface area contributed by atoms with Gasteiger partial charge in [0.25, 0.3) is 0 Å². The summed E-state index contributed by atoms with van der Waals surface area (Å²) in [5, 5.41) is 0. The van der Waals surface area contributed by atoms with Gasteiger partial charge in [0.05, 0.1) is 0 Å². The molecule has 2 radical (unpaired) electrons. The van der Waals surface area contributed by atoms with E-state index in [0.717, 1.165) is 6.08 Å². The molecule has 0 atom stereocenters. The molecule has 4 heteroatoms. The van der Waals surface area contributed by atoms with Crippen molar-refractivity contribution in [3.8, 4) is 0 Å². The zero-order valence-corrected chi connectivity index (χ0v) is 4.48. The molecule has 7 heavy (non-hydrogen) atoms. The van der Waals surface area contributed by atoms with Crippen LogP contribution in [0.2, 0.25) is 0 Å². The van der Waals surface area contributed by atoms with Crippen molar-refractivity contribution in [3.63, 3.8) is 0 Å². The lowest BCUT2D eigenvalue weighted by Gasteiger charge is -1.85. The Morgan fingerprint density at radius 2 is 2.57 bits per heavy atom. The smallest absolute Gasteiger partial charge is 0.485 e. The second-order valence-electron chi connectivity index (χ2n) is 0.702. The first-order valence-corrected chi connectivity index (χ1v) is 2.28. The van der Waals surface area contributed by atoms with Crippen LogP contribution in [-0.2, 0) is 9.22 Å². The number of hydrogen-bond acceptors (Lipinski definition) is 2. The fraction of sp³-hybridized carbons (Fsp3) is 0. The van der Waals surface area contributed by atoms with E-state index in [4.69, 9.17) is 0 Å². The monoisotopic (exact) mass is 118 g/mol. The largest absolute Gasteiger partial charge is 0.568 e. The maximum absolute atomic E-state index is 11.0. The van der Waals surface area contributed by atoms with Crippen LogP contribution in [0.15, 0.2) is 12.7 Å². The first-order valence-electron chi connectivity index (χ1n) is 1.50. The van der Waals surface area contributed by atoms with Crippen LogP contribution in [-0.4, -0.2) is 16.1 Å². The summed E-state index contributed by atoms with van der Waals surface area (Å²) in [5.41, 5.74) is 0. The van der Waals surface area contributed by atoms with E-state index in [-0.39, 0.29) is 0 Å². The van der Waals surface area contributed by atoms with Crippen LogP contribution in [0, 0.1) is 0 Å². The van der Waals surface area contributed by atoms with Gasteiger partial charge in [0.15, 0.2) is 0 Å². The van der Waals surface area contributed by atoms with E-state index in [2.05, 4.69) is 11.0 Å². The molecule has 0 amide bonds. The topological polar surface area (TPSA) is 26.3 Å². The molecule has 0 aliphatic heterocycles. The lowest BCUT2D eigenvalue weighted by atomic mass is 10.7. The van der Waals surface area contributed by atoms with Gasteiger partial charge in [0, 0.05) is 6.08 Å². The number of halogens is 1. The maximum Gasteiger partial charge on any atom is 0.568 e. The van der Waals surface area contributed by atoms with Crippen LogP contribution >= 0.6 is 0 Å². The number of rotatable bonds is 2. The summed E-state index contributed by atoms with van der Waals surface area (Å²) in [7, 11) is -1.28. The SMILES string of the molecule is C=CC(=O)O[Si]F. The van der Waals surface area contributed by atoms with Gasteiger partial charge < -0.3 is 4.43 Å². The van der Waals surface area contributed by atoms with E-state index in [1.165, 1.54) is 0 Å². The molecular formula is C3H3FO2Si. The molecule has 0 aromatic carbocycles. The third-order valence-electron chi connectivity index (χ3n) is 0.306. The Hall–Kier alpha value is -0.643. The van der Waals surface area contributed by atoms with Crippen LogP contribution in [0.4, 0.5) is 4.11 Å². The number of hydrogen-bond donors (Lipinski definition) is 0. The molecule has 0 heterocycles. The highest BCUT2D eigenvalue weighted by molar-refractivity contribution is 6.22. The summed E-state index contributed by atoms with van der Waals surface area (Å²) in [6.45, 7) is 3.04. The molecular weight excluding hydrogens is 115 g/mol. The molecule has 0 aromatic rings. The first-order chi connectivity index (χ1) is 3.31. The van der Waals surface area contributed by atoms with E-state index in [1.54, 1.807) is 0 Å². The lowest BCUT2D eigenvalue weighted by molar-refractivity contribution is -0.129. The van der Waals surface area contributed by atoms with Crippen molar-refractivity contribution in [2.45, 2.75) is 0 Å². The van der Waals surface area contributed by atoms with Crippen molar-refractivity contribution < 1.29 is 13.3 Å². The standard InChI is InChI=1S/C3H3FO2Si/c1-2-3(5)6-7-4/h2H,1H2. The van der Waals surface area contributed by atoms with E-state index >= 15 is 0 Å². The highest BCUT2D eigenvalue weighted by Crippen LogP contribution is 1.73. The van der Waals surface area contributed by atoms with Crippen molar-refractivity contribution in [1.82, 2.24) is 0 Å². The molecule has 0 unspecified atom stereocenters. The van der Waals surface area contributed by atoms with Crippen molar-refractivity contribution >= 4 is 16.1 Å². The Labute approximate surface area is 43.1 Å². The predicted octanol–water partition coefficient (Wildman–Crippen LogP) is 0.219. The van der Waals surface area contributed by atoms with Crippen LogP contribution in [0.1, 0.15) is 0 Å². The highest BCUT2D eigenvalue weighted by Gasteiger charge is 1.93. The zero-order chi connectivity index (χ0) is 5.70. The average Bonchev–Trinajstić information content (AvgIpc) is 1.68. The third-order valence-corrected chi connectivity index (χ3v) is 0.584. The fourth-order valence-electron chi connectivity index (χ4n) is 0.0797. The fourth-order valence-corrected chi connectivity index (χ4v) is 0.239. The van der Waals surface area contributed by atoms with Gasteiger partial charge in [-0.3, -0.25) is 4.11 Å². The van der Waals surface area contributed by atoms with Crippen molar-refractivity contribution in [3.05, 3.63) is 12.7 Å². The second kappa shape index (κ2) is 3.54. The van der Waals surface area contributed by atoms with Crippen LogP contribution in [0.5, 0.6) is 0 Å². The van der Waals surface area contributed by atoms with Crippen LogP contribution < -0.4 is 0 Å². The molecule has 0 N–H and O–H groups in total. The molecule has 0 saturated heterocycles. The van der Waals surface area contributed by atoms with Gasteiger partial charge in [0.1, 0.15) is 0 Å². The van der Waals surface area contributed by atoms with Crippen LogP contribution in [0.25, 0.3) is 0 Å².